The van der Waals surface area contributed by atoms with Crippen LogP contribution in [0, 0.1) is 27.7 Å². The van der Waals surface area contributed by atoms with Crippen LogP contribution >= 0.6 is 0 Å². The van der Waals surface area contributed by atoms with Crippen LogP contribution in [0.1, 0.15) is 67.3 Å². The van der Waals surface area contributed by atoms with E-state index in [0.29, 0.717) is 89.4 Å². The smallest absolute Gasteiger partial charge is 0.240 e. The molecule has 0 saturated heterocycles. The highest BCUT2D eigenvalue weighted by molar-refractivity contribution is 7.90. The van der Waals surface area contributed by atoms with Crippen molar-refractivity contribution in [1.29, 1.82) is 0 Å². The molecule has 2 aliphatic rings. The largest absolute Gasteiger partial charge is 0.354 e. The van der Waals surface area contributed by atoms with Crippen molar-refractivity contribution in [1.82, 2.24) is 38.8 Å². The summed E-state index contributed by atoms with van der Waals surface area (Å²) in [7, 11) is -15.6. The Morgan fingerprint density at radius 3 is 0.698 bits per heavy atom. The van der Waals surface area contributed by atoms with E-state index >= 15 is 0 Å². The predicted molar refractivity (Wildman–Crippen MR) is 381 cm³/mol. The summed E-state index contributed by atoms with van der Waals surface area (Å²) in [6.45, 7) is 7.50. The molecule has 0 atom stereocenters. The zero-order valence-electron chi connectivity index (χ0n) is 52.7. The Hall–Kier alpha value is -10.0. The second kappa shape index (κ2) is 26.7. The summed E-state index contributed by atoms with van der Waals surface area (Å²) in [6.07, 6.45) is 7.75. The summed E-state index contributed by atoms with van der Waals surface area (Å²) in [5.74, 6) is 0. The average Bonchev–Trinajstić information content (AvgIpc) is 1.60. The molecule has 0 amide bonds. The molecule has 5 heterocycles. The molecule has 96 heavy (non-hydrogen) atoms. The van der Waals surface area contributed by atoms with Crippen molar-refractivity contribution in [2.24, 2.45) is 0 Å². The summed E-state index contributed by atoms with van der Waals surface area (Å²) < 4.78 is 121. The van der Waals surface area contributed by atoms with E-state index in [9.17, 15) is 33.7 Å². The summed E-state index contributed by atoms with van der Waals surface area (Å²) in [4.78, 5) is 19.1. The van der Waals surface area contributed by atoms with Gasteiger partial charge in [0.25, 0.3) is 0 Å². The normalized spacial score (nSPS) is 12.5. The van der Waals surface area contributed by atoms with Gasteiger partial charge in [0, 0.05) is 70.5 Å². The van der Waals surface area contributed by atoms with Crippen LogP contribution in [0.15, 0.2) is 238 Å². The van der Waals surface area contributed by atoms with Crippen molar-refractivity contribution in [3.05, 3.63) is 286 Å². The minimum atomic E-state index is -3.90. The van der Waals surface area contributed by atoms with Gasteiger partial charge in [0.15, 0.2) is 0 Å². The minimum Gasteiger partial charge on any atom is -0.354 e. The van der Waals surface area contributed by atoms with Gasteiger partial charge in [-0.25, -0.2) is 62.5 Å². The monoisotopic (exact) mass is 1350 g/mol. The number of nitrogens with one attached hydrogen (secondary N) is 6. The van der Waals surface area contributed by atoms with E-state index in [1.807, 2.05) is 173 Å². The van der Waals surface area contributed by atoms with Crippen LogP contribution in [-0.4, -0.2) is 53.6 Å². The molecule has 0 radical (unpaired) electrons. The van der Waals surface area contributed by atoms with Gasteiger partial charge in [-0.2, -0.15) is 0 Å². The number of benzene rings is 8. The molecule has 13 rings (SSSR count). The van der Waals surface area contributed by atoms with Gasteiger partial charge >= 0.3 is 0 Å². The number of aromatic amines is 2. The quantitative estimate of drug-likeness (QED) is 0.0422. The Morgan fingerprint density at radius 1 is 0.281 bits per heavy atom. The molecule has 482 valence electrons. The van der Waals surface area contributed by atoms with Crippen LogP contribution in [0.2, 0.25) is 0 Å². The molecule has 6 N–H and O–H groups in total. The van der Waals surface area contributed by atoms with Gasteiger partial charge in [0.05, 0.1) is 42.4 Å². The molecule has 8 aromatic carbocycles. The first kappa shape index (κ1) is 64.7. The van der Waals surface area contributed by atoms with E-state index in [2.05, 4.69) is 28.9 Å². The van der Waals surface area contributed by atoms with Crippen LogP contribution in [0.3, 0.4) is 0 Å². The first-order valence-corrected chi connectivity index (χ1v) is 36.8. The summed E-state index contributed by atoms with van der Waals surface area (Å²) in [5.41, 5.74) is 16.9. The lowest BCUT2D eigenvalue weighted by Gasteiger charge is -2.11. The van der Waals surface area contributed by atoms with Crippen molar-refractivity contribution in [3.63, 3.8) is 0 Å². The molecule has 20 heteroatoms. The lowest BCUT2D eigenvalue weighted by atomic mass is 10.0. The lowest BCUT2D eigenvalue weighted by Crippen LogP contribution is -2.23. The molecule has 16 nitrogen and oxygen atoms in total. The number of nitrogens with zero attached hydrogens (tertiary/aromatic N) is 2. The van der Waals surface area contributed by atoms with E-state index < -0.39 is 40.1 Å². The maximum absolute atomic E-state index is 13.7. The number of sulfonamides is 4. The SMILES string of the molecule is Cc1ccc(S(=O)(=O)NCc2cccc(-c3c4nc(c(-c5cccc(CNS(=O)(=O)c6ccc(C)cc6)c5)c5ccc([nH]5)c(-c5cccc(CNS(=O)(=O)c6ccc(C)cc6)c5)c5nc(c(-c6cccc(CNS(=O)(=O)c7ccc(C)cc7)c6)c6ccc3[nH]6)C=C5)C=C4)c2)cc1. The van der Waals surface area contributed by atoms with Crippen LogP contribution in [0.5, 0.6) is 0 Å². The molecular weight excluding hydrogens is 1280 g/mol. The van der Waals surface area contributed by atoms with Crippen LogP contribution in [0.4, 0.5) is 0 Å². The summed E-state index contributed by atoms with van der Waals surface area (Å²) in [6, 6.07) is 65.0. The van der Waals surface area contributed by atoms with Gasteiger partial charge in [-0.15, -0.1) is 0 Å². The number of H-pyrrole nitrogens is 2. The maximum Gasteiger partial charge on any atom is 0.240 e. The van der Waals surface area contributed by atoms with Gasteiger partial charge in [-0.1, -0.05) is 144 Å². The third-order valence-corrected chi connectivity index (χ3v) is 22.5. The van der Waals surface area contributed by atoms with Gasteiger partial charge in [-0.3, -0.25) is 0 Å². The van der Waals surface area contributed by atoms with E-state index in [4.69, 9.17) is 9.97 Å². The minimum absolute atomic E-state index is 0.0197. The Labute approximate surface area is 558 Å². The molecule has 2 aliphatic heterocycles. The van der Waals surface area contributed by atoms with Crippen LogP contribution in [0.25, 0.3) is 90.9 Å². The predicted octanol–water partition coefficient (Wildman–Crippen LogP) is 14.5. The van der Waals surface area contributed by atoms with Crippen molar-refractivity contribution < 1.29 is 33.7 Å². The van der Waals surface area contributed by atoms with Crippen molar-refractivity contribution in [2.75, 3.05) is 0 Å². The highest BCUT2D eigenvalue weighted by atomic mass is 32.2. The Bertz CT molecular complexity index is 4890. The number of rotatable bonds is 20. The van der Waals surface area contributed by atoms with E-state index in [1.165, 1.54) is 0 Å². The van der Waals surface area contributed by atoms with Gasteiger partial charge in [-0.05, 0) is 194 Å². The standard InChI is InChI=1S/C76H66N8O8S4/c1-49-17-25-61(26-18-49)93(85,86)77-45-53-9-5-13-57(41-53)73-65-33-35-67(81-65)74(58-14-6-10-54(42-58)46-78-94(87,88)62-27-19-50(2)20-28-62)69-37-39-71(83-69)76(60-16-8-12-56(44-60)48-80-96(91,92)64-31-23-52(4)24-32-64)72-40-38-70(84-72)75(68-36-34-66(73)82-68)59-15-7-11-55(43-59)47-79-95(89,90)63-29-21-51(3)22-30-63/h5-44,77-81,84H,45-48H2,1-4H3. The highest BCUT2D eigenvalue weighted by Crippen LogP contribution is 2.40. The second-order valence-corrected chi connectivity index (χ2v) is 30.9. The number of fused-ring (bicyclic) bond motifs is 8. The molecule has 0 saturated carbocycles. The molecule has 8 bridgehead atoms. The fourth-order valence-corrected chi connectivity index (χ4v) is 15.8. The van der Waals surface area contributed by atoms with Crippen molar-refractivity contribution >= 4 is 86.5 Å². The number of hydrogen-bond donors (Lipinski definition) is 6. The van der Waals surface area contributed by atoms with Crippen molar-refractivity contribution in [2.45, 2.75) is 73.5 Å². The van der Waals surface area contributed by atoms with Gasteiger partial charge < -0.3 is 9.97 Å². The molecule has 3 aromatic heterocycles. The van der Waals surface area contributed by atoms with Gasteiger partial charge in [0.2, 0.25) is 40.1 Å². The second-order valence-electron chi connectivity index (χ2n) is 23.9. The molecular formula is C76H66N8O8S4. The van der Waals surface area contributed by atoms with E-state index in [-0.39, 0.29) is 45.8 Å². The molecule has 0 fully saturated rings. The Morgan fingerprint density at radius 2 is 0.490 bits per heavy atom. The molecule has 0 unspecified atom stereocenters. The summed E-state index contributed by atoms with van der Waals surface area (Å²) in [5, 5.41) is 0. The molecule has 0 spiro atoms. The topological polar surface area (TPSA) is 242 Å². The highest BCUT2D eigenvalue weighted by Gasteiger charge is 2.23. The number of aryl methyl sites for hydroxylation is 4. The third kappa shape index (κ3) is 14.2. The lowest BCUT2D eigenvalue weighted by molar-refractivity contribution is 0.579. The van der Waals surface area contributed by atoms with E-state index in [1.54, 1.807) is 97.1 Å². The number of aromatic nitrogens is 4. The molecule has 11 aromatic rings. The zero-order chi connectivity index (χ0) is 66.9. The Balaban J connectivity index is 1.02. The fourth-order valence-electron chi connectivity index (χ4n) is 11.7. The van der Waals surface area contributed by atoms with Crippen LogP contribution in [-0.2, 0) is 66.3 Å². The van der Waals surface area contributed by atoms with Gasteiger partial charge in [0.1, 0.15) is 0 Å². The summed E-state index contributed by atoms with van der Waals surface area (Å²) >= 11 is 0. The maximum atomic E-state index is 13.7. The zero-order valence-corrected chi connectivity index (χ0v) is 56.0. The third-order valence-electron chi connectivity index (χ3n) is 16.8. The fraction of sp³-hybridized carbons (Fsp3) is 0.105. The first-order chi connectivity index (χ1) is 46.1. The Kier molecular flexibility index (Phi) is 18.0. The average molecular weight is 1350 g/mol. The molecule has 0 aliphatic carbocycles. The van der Waals surface area contributed by atoms with Crippen LogP contribution < -0.4 is 18.9 Å². The van der Waals surface area contributed by atoms with Crippen molar-refractivity contribution in [3.8, 4) is 44.5 Å². The van der Waals surface area contributed by atoms with E-state index in [0.717, 1.165) is 44.5 Å². The first-order valence-electron chi connectivity index (χ1n) is 30.9. The number of hydrogen-bond acceptors (Lipinski definition) is 10.